The van der Waals surface area contributed by atoms with Crippen LogP contribution in [-0.2, 0) is 4.74 Å². The highest BCUT2D eigenvalue weighted by Crippen LogP contribution is 2.45. The second-order valence-electron chi connectivity index (χ2n) is 9.42. The van der Waals surface area contributed by atoms with Crippen LogP contribution in [0.15, 0.2) is 23.3 Å². The maximum Gasteiger partial charge on any atom is 0.0629 e. The fraction of sp³-hybridized carbons (Fsp3) is 0.833. The van der Waals surface area contributed by atoms with Crippen molar-refractivity contribution in [1.82, 2.24) is 5.32 Å². The van der Waals surface area contributed by atoms with Gasteiger partial charge in [-0.15, -0.1) is 0 Å². The van der Waals surface area contributed by atoms with E-state index < -0.39 is 0 Å². The standard InChI is InChI=1S/C24H43NO/c1-18(2)8-6-9-19(3)10-12-25-11-7-13-26-24-21(5)16-22-14-20(4)15-23(24)17-22/h8,10,20-25H,6-7,9,11-17H2,1-5H3/b19-10+. The van der Waals surface area contributed by atoms with Gasteiger partial charge in [-0.1, -0.05) is 37.1 Å². The summed E-state index contributed by atoms with van der Waals surface area (Å²) in [6, 6.07) is 0. The predicted octanol–water partition coefficient (Wildman–Crippen LogP) is 6.14. The largest absolute Gasteiger partial charge is 0.378 e. The maximum absolute atomic E-state index is 6.37. The summed E-state index contributed by atoms with van der Waals surface area (Å²) in [6.45, 7) is 14.4. The van der Waals surface area contributed by atoms with Gasteiger partial charge in [0.2, 0.25) is 0 Å². The van der Waals surface area contributed by atoms with E-state index in [0.29, 0.717) is 6.10 Å². The molecule has 2 aliphatic rings. The lowest BCUT2D eigenvalue weighted by molar-refractivity contribution is -0.0795. The van der Waals surface area contributed by atoms with Crippen LogP contribution in [0.1, 0.15) is 79.6 Å². The van der Waals surface area contributed by atoms with Crippen LogP contribution < -0.4 is 5.32 Å². The highest BCUT2D eigenvalue weighted by atomic mass is 16.5. The highest BCUT2D eigenvalue weighted by molar-refractivity contribution is 5.02. The number of nitrogens with one attached hydrogen (secondary N) is 1. The van der Waals surface area contributed by atoms with Crippen LogP contribution in [0.25, 0.3) is 0 Å². The fourth-order valence-corrected chi connectivity index (χ4v) is 5.14. The van der Waals surface area contributed by atoms with Gasteiger partial charge >= 0.3 is 0 Å². The van der Waals surface area contributed by atoms with Gasteiger partial charge < -0.3 is 10.1 Å². The first kappa shape index (κ1) is 21.7. The van der Waals surface area contributed by atoms with Gasteiger partial charge in [-0.2, -0.15) is 0 Å². The lowest BCUT2D eigenvalue weighted by Gasteiger charge is -2.46. The minimum atomic E-state index is 0.520. The second-order valence-corrected chi connectivity index (χ2v) is 9.42. The first-order valence-corrected chi connectivity index (χ1v) is 11.1. The predicted molar refractivity (Wildman–Crippen MR) is 113 cm³/mol. The molecule has 5 unspecified atom stereocenters. The Hall–Kier alpha value is -0.600. The number of rotatable bonds is 10. The molecule has 2 aliphatic carbocycles. The first-order chi connectivity index (χ1) is 12.5. The van der Waals surface area contributed by atoms with Crippen LogP contribution in [0.2, 0.25) is 0 Å². The second kappa shape index (κ2) is 11.3. The van der Waals surface area contributed by atoms with Crippen molar-refractivity contribution in [3.8, 4) is 0 Å². The molecule has 150 valence electrons. The van der Waals surface area contributed by atoms with Gasteiger partial charge in [0.05, 0.1) is 6.10 Å². The van der Waals surface area contributed by atoms with Crippen molar-refractivity contribution in [2.24, 2.45) is 23.7 Å². The van der Waals surface area contributed by atoms with Crippen molar-refractivity contribution >= 4 is 0 Å². The minimum Gasteiger partial charge on any atom is -0.378 e. The molecular formula is C24H43NO. The van der Waals surface area contributed by atoms with E-state index in [1.807, 2.05) is 0 Å². The van der Waals surface area contributed by atoms with Crippen LogP contribution >= 0.6 is 0 Å². The Morgan fingerprint density at radius 2 is 1.85 bits per heavy atom. The zero-order valence-corrected chi connectivity index (χ0v) is 18.0. The topological polar surface area (TPSA) is 21.3 Å². The normalized spacial score (nSPS) is 31.7. The summed E-state index contributed by atoms with van der Waals surface area (Å²) < 4.78 is 6.37. The average Bonchev–Trinajstić information content (AvgIpc) is 2.55. The average molecular weight is 362 g/mol. The van der Waals surface area contributed by atoms with Crippen molar-refractivity contribution < 1.29 is 4.74 Å². The minimum absolute atomic E-state index is 0.520. The molecule has 1 N–H and O–H groups in total. The van der Waals surface area contributed by atoms with Crippen molar-refractivity contribution in [3.05, 3.63) is 23.3 Å². The summed E-state index contributed by atoms with van der Waals surface area (Å²) in [7, 11) is 0. The molecule has 0 aliphatic heterocycles. The van der Waals surface area contributed by atoms with Crippen LogP contribution in [0.5, 0.6) is 0 Å². The Kier molecular flexibility index (Phi) is 9.42. The van der Waals surface area contributed by atoms with E-state index in [1.165, 1.54) is 49.7 Å². The Labute approximate surface area is 162 Å². The molecule has 2 nitrogen and oxygen atoms in total. The van der Waals surface area contributed by atoms with E-state index in [0.717, 1.165) is 49.8 Å². The number of hydrogen-bond acceptors (Lipinski definition) is 2. The summed E-state index contributed by atoms with van der Waals surface area (Å²) in [4.78, 5) is 0. The Morgan fingerprint density at radius 3 is 2.62 bits per heavy atom. The zero-order valence-electron chi connectivity index (χ0n) is 18.0. The third kappa shape index (κ3) is 7.56. The molecule has 0 saturated heterocycles. The maximum atomic E-state index is 6.37. The van der Waals surface area contributed by atoms with E-state index in [-0.39, 0.29) is 0 Å². The monoisotopic (exact) mass is 361 g/mol. The zero-order chi connectivity index (χ0) is 18.9. The Balaban J connectivity index is 1.55. The molecule has 0 aromatic rings. The van der Waals surface area contributed by atoms with Gasteiger partial charge in [0.15, 0.2) is 0 Å². The summed E-state index contributed by atoms with van der Waals surface area (Å²) in [5, 5.41) is 3.54. The smallest absolute Gasteiger partial charge is 0.0629 e. The van der Waals surface area contributed by atoms with Gasteiger partial charge in [0.1, 0.15) is 0 Å². The summed E-state index contributed by atoms with van der Waals surface area (Å²) in [6.07, 6.45) is 14.3. The molecule has 26 heavy (non-hydrogen) atoms. The van der Waals surface area contributed by atoms with Crippen molar-refractivity contribution in [2.45, 2.75) is 85.7 Å². The summed E-state index contributed by atoms with van der Waals surface area (Å²) >= 11 is 0. The van der Waals surface area contributed by atoms with Gasteiger partial charge in [0.25, 0.3) is 0 Å². The van der Waals surface area contributed by atoms with Crippen molar-refractivity contribution in [3.63, 3.8) is 0 Å². The Morgan fingerprint density at radius 1 is 1.04 bits per heavy atom. The number of hydrogen-bond donors (Lipinski definition) is 1. The van der Waals surface area contributed by atoms with E-state index in [2.05, 4.69) is 52.1 Å². The van der Waals surface area contributed by atoms with Gasteiger partial charge in [0, 0.05) is 13.2 Å². The van der Waals surface area contributed by atoms with E-state index >= 15 is 0 Å². The van der Waals surface area contributed by atoms with E-state index in [9.17, 15) is 0 Å². The molecule has 5 atom stereocenters. The van der Waals surface area contributed by atoms with Gasteiger partial charge in [-0.25, -0.2) is 0 Å². The van der Waals surface area contributed by atoms with E-state index in [1.54, 1.807) is 0 Å². The fourth-order valence-electron chi connectivity index (χ4n) is 5.14. The molecule has 2 bridgehead atoms. The molecule has 2 fully saturated rings. The number of fused-ring (bicyclic) bond motifs is 2. The molecular weight excluding hydrogens is 318 g/mol. The lowest BCUT2D eigenvalue weighted by Crippen LogP contribution is -2.42. The summed E-state index contributed by atoms with van der Waals surface area (Å²) in [5.74, 6) is 3.47. The van der Waals surface area contributed by atoms with Gasteiger partial charge in [-0.3, -0.25) is 0 Å². The molecule has 2 heteroatoms. The van der Waals surface area contributed by atoms with Crippen LogP contribution in [0.4, 0.5) is 0 Å². The molecule has 0 aromatic carbocycles. The number of ether oxygens (including phenoxy) is 1. The third-order valence-electron chi connectivity index (χ3n) is 6.30. The number of allylic oxidation sites excluding steroid dienone is 3. The van der Waals surface area contributed by atoms with Crippen molar-refractivity contribution in [1.29, 1.82) is 0 Å². The van der Waals surface area contributed by atoms with Gasteiger partial charge in [-0.05, 0) is 95.9 Å². The first-order valence-electron chi connectivity index (χ1n) is 11.1. The lowest BCUT2D eigenvalue weighted by atomic mass is 9.64. The van der Waals surface area contributed by atoms with Crippen LogP contribution in [0, 0.1) is 23.7 Å². The highest BCUT2D eigenvalue weighted by Gasteiger charge is 2.40. The van der Waals surface area contributed by atoms with Crippen LogP contribution in [-0.4, -0.2) is 25.8 Å². The molecule has 2 rings (SSSR count). The molecule has 0 amide bonds. The third-order valence-corrected chi connectivity index (χ3v) is 6.30. The quantitative estimate of drug-likeness (QED) is 0.373. The van der Waals surface area contributed by atoms with Crippen LogP contribution in [0.3, 0.4) is 0 Å². The summed E-state index contributed by atoms with van der Waals surface area (Å²) in [5.41, 5.74) is 2.91. The molecule has 0 spiro atoms. The molecule has 2 saturated carbocycles. The van der Waals surface area contributed by atoms with E-state index in [4.69, 9.17) is 4.74 Å². The molecule has 0 radical (unpaired) electrons. The Bertz CT molecular complexity index is 459. The SMILES string of the molecule is CC(C)=CCC/C(C)=C/CNCCCOC1C(C)CC2CC(C)CC1C2. The molecule has 0 aromatic heterocycles. The molecule has 0 heterocycles. The van der Waals surface area contributed by atoms with Crippen molar-refractivity contribution in [2.75, 3.05) is 19.7 Å².